The molecule has 1 aromatic carbocycles. The smallest absolute Gasteiger partial charge is 0.338 e. The van der Waals surface area contributed by atoms with Crippen molar-refractivity contribution in [2.45, 2.75) is 117 Å². The van der Waals surface area contributed by atoms with Crippen molar-refractivity contribution in [3.63, 3.8) is 0 Å². The van der Waals surface area contributed by atoms with Crippen molar-refractivity contribution in [1.29, 1.82) is 0 Å². The predicted molar refractivity (Wildman–Crippen MR) is 130 cm³/mol. The van der Waals surface area contributed by atoms with E-state index in [1.807, 2.05) is 31.2 Å². The van der Waals surface area contributed by atoms with Gasteiger partial charge in [0, 0.05) is 12.2 Å². The molecule has 0 spiro atoms. The summed E-state index contributed by atoms with van der Waals surface area (Å²) in [6.07, 6.45) is 22.4. The number of unbranched alkanes of at least 4 members (excludes halogenated alkanes) is 15. The summed E-state index contributed by atoms with van der Waals surface area (Å²) in [5.74, 6) is -0.248. The molecule has 0 aliphatic carbocycles. The van der Waals surface area contributed by atoms with Crippen LogP contribution < -0.4 is 5.32 Å². The Labute approximate surface area is 186 Å². The molecule has 0 radical (unpaired) electrons. The number of hydrogen-bond donors (Lipinski definition) is 1. The maximum Gasteiger partial charge on any atom is 0.338 e. The summed E-state index contributed by atoms with van der Waals surface area (Å²) in [7, 11) is 0. The summed E-state index contributed by atoms with van der Waals surface area (Å²) in [5, 5.41) is 3.44. The Hall–Kier alpha value is -1.51. The van der Waals surface area contributed by atoms with Gasteiger partial charge in [0.15, 0.2) is 0 Å². The van der Waals surface area contributed by atoms with Crippen LogP contribution in [-0.4, -0.2) is 19.1 Å². The van der Waals surface area contributed by atoms with E-state index in [-0.39, 0.29) is 5.97 Å². The highest BCUT2D eigenvalue weighted by atomic mass is 16.5. The van der Waals surface area contributed by atoms with Crippen molar-refractivity contribution in [2.24, 2.45) is 0 Å². The number of carbonyl (C=O) groups excluding carboxylic acids is 1. The van der Waals surface area contributed by atoms with Crippen LogP contribution in [0, 0.1) is 0 Å². The molecule has 0 aliphatic rings. The quantitative estimate of drug-likeness (QED) is 0.171. The monoisotopic (exact) mass is 417 g/mol. The van der Waals surface area contributed by atoms with Crippen LogP contribution in [0.1, 0.15) is 127 Å². The highest BCUT2D eigenvalue weighted by molar-refractivity contribution is 5.89. The molecule has 0 unspecified atom stereocenters. The Bertz CT molecular complexity index is 512. The minimum Gasteiger partial charge on any atom is -0.462 e. The maximum absolute atomic E-state index is 11.6. The van der Waals surface area contributed by atoms with E-state index >= 15 is 0 Å². The van der Waals surface area contributed by atoms with Gasteiger partial charge in [-0.1, -0.05) is 103 Å². The van der Waals surface area contributed by atoms with Gasteiger partial charge in [0.2, 0.25) is 0 Å². The number of benzene rings is 1. The van der Waals surface area contributed by atoms with Crippen molar-refractivity contribution in [2.75, 3.05) is 18.5 Å². The normalized spacial score (nSPS) is 10.9. The Balaban J connectivity index is 1.84. The third-order valence-corrected chi connectivity index (χ3v) is 5.76. The number of carbonyl (C=O) groups is 1. The lowest BCUT2D eigenvalue weighted by Crippen LogP contribution is -2.05. The molecular weight excluding hydrogens is 370 g/mol. The number of rotatable bonds is 20. The number of anilines is 1. The molecule has 0 aliphatic heterocycles. The lowest BCUT2D eigenvalue weighted by molar-refractivity contribution is 0.0526. The van der Waals surface area contributed by atoms with Gasteiger partial charge in [-0.05, 0) is 37.6 Å². The van der Waals surface area contributed by atoms with Crippen LogP contribution in [0.15, 0.2) is 24.3 Å². The second-order valence-corrected chi connectivity index (χ2v) is 8.53. The second kappa shape index (κ2) is 19.5. The summed E-state index contributed by atoms with van der Waals surface area (Å²) in [6.45, 7) is 5.52. The topological polar surface area (TPSA) is 38.3 Å². The lowest BCUT2D eigenvalue weighted by Gasteiger charge is -2.07. The molecule has 30 heavy (non-hydrogen) atoms. The van der Waals surface area contributed by atoms with Gasteiger partial charge < -0.3 is 10.1 Å². The predicted octanol–water partition coefficient (Wildman–Crippen LogP) is 8.54. The van der Waals surface area contributed by atoms with Crippen LogP contribution in [0.4, 0.5) is 5.69 Å². The molecule has 1 rings (SSSR count). The fourth-order valence-electron chi connectivity index (χ4n) is 3.84. The van der Waals surface area contributed by atoms with Crippen LogP contribution in [0.25, 0.3) is 0 Å². The Morgan fingerprint density at radius 2 is 1.10 bits per heavy atom. The number of nitrogens with one attached hydrogen (secondary N) is 1. The summed E-state index contributed by atoms with van der Waals surface area (Å²) >= 11 is 0. The van der Waals surface area contributed by atoms with Gasteiger partial charge in [0.05, 0.1) is 12.2 Å². The molecular formula is C27H47NO2. The van der Waals surface area contributed by atoms with Crippen molar-refractivity contribution < 1.29 is 9.53 Å². The number of hydrogen-bond acceptors (Lipinski definition) is 3. The zero-order valence-electron chi connectivity index (χ0n) is 19.9. The molecule has 0 saturated heterocycles. The van der Waals surface area contributed by atoms with E-state index < -0.39 is 0 Å². The molecule has 3 nitrogen and oxygen atoms in total. The minimum atomic E-state index is -0.248. The van der Waals surface area contributed by atoms with Crippen LogP contribution in [0.2, 0.25) is 0 Å². The first-order chi connectivity index (χ1) is 14.8. The molecule has 0 amide bonds. The highest BCUT2D eigenvalue weighted by Gasteiger charge is 2.05. The molecule has 0 saturated carbocycles. The summed E-state index contributed by atoms with van der Waals surface area (Å²) in [4.78, 5) is 11.6. The van der Waals surface area contributed by atoms with Crippen molar-refractivity contribution in [3.05, 3.63) is 29.8 Å². The second-order valence-electron chi connectivity index (χ2n) is 8.53. The fraction of sp³-hybridized carbons (Fsp3) is 0.741. The van der Waals surface area contributed by atoms with Crippen molar-refractivity contribution in [1.82, 2.24) is 0 Å². The summed E-state index contributed by atoms with van der Waals surface area (Å²) < 4.78 is 5.01. The maximum atomic E-state index is 11.6. The van der Waals surface area contributed by atoms with E-state index in [4.69, 9.17) is 4.74 Å². The average Bonchev–Trinajstić information content (AvgIpc) is 2.76. The van der Waals surface area contributed by atoms with Gasteiger partial charge in [-0.15, -0.1) is 0 Å². The molecule has 1 N–H and O–H groups in total. The molecule has 0 fully saturated rings. The number of ether oxygens (including phenoxy) is 1. The van der Waals surface area contributed by atoms with Crippen LogP contribution in [0.5, 0.6) is 0 Å². The SMILES string of the molecule is CCCCCCCCCCCCCCCCCCNc1ccc(C(=O)OCC)cc1. The first-order valence-electron chi connectivity index (χ1n) is 12.8. The van der Waals surface area contributed by atoms with E-state index in [0.717, 1.165) is 12.2 Å². The first-order valence-corrected chi connectivity index (χ1v) is 12.8. The Morgan fingerprint density at radius 1 is 0.667 bits per heavy atom. The first kappa shape index (κ1) is 26.5. The largest absolute Gasteiger partial charge is 0.462 e. The standard InChI is InChI=1S/C27H47NO2/c1-3-5-6-7-8-9-10-11-12-13-14-15-16-17-18-19-24-28-26-22-20-25(21-23-26)27(29)30-4-2/h20-23,28H,3-19,24H2,1-2H3. The molecule has 3 heteroatoms. The van der Waals surface area contributed by atoms with Gasteiger partial charge >= 0.3 is 5.97 Å². The van der Waals surface area contributed by atoms with E-state index in [1.54, 1.807) is 0 Å². The van der Waals surface area contributed by atoms with Gasteiger partial charge in [0.1, 0.15) is 0 Å². The Kier molecular flexibility index (Phi) is 17.2. The minimum absolute atomic E-state index is 0.248. The summed E-state index contributed by atoms with van der Waals surface area (Å²) in [5.41, 5.74) is 1.69. The zero-order chi connectivity index (χ0) is 21.7. The molecule has 172 valence electrons. The van der Waals surface area contributed by atoms with E-state index in [9.17, 15) is 4.79 Å². The molecule has 0 atom stereocenters. The third-order valence-electron chi connectivity index (χ3n) is 5.76. The van der Waals surface area contributed by atoms with Gasteiger partial charge in [-0.2, -0.15) is 0 Å². The zero-order valence-corrected chi connectivity index (χ0v) is 19.9. The van der Waals surface area contributed by atoms with Crippen LogP contribution in [0.3, 0.4) is 0 Å². The molecule has 0 heterocycles. The molecule has 1 aromatic rings. The Morgan fingerprint density at radius 3 is 1.53 bits per heavy atom. The van der Waals surface area contributed by atoms with E-state index in [0.29, 0.717) is 12.2 Å². The van der Waals surface area contributed by atoms with Gasteiger partial charge in [0.25, 0.3) is 0 Å². The highest BCUT2D eigenvalue weighted by Crippen LogP contribution is 2.14. The van der Waals surface area contributed by atoms with E-state index in [1.165, 1.54) is 103 Å². The fourth-order valence-corrected chi connectivity index (χ4v) is 3.84. The number of esters is 1. The van der Waals surface area contributed by atoms with Gasteiger partial charge in [-0.3, -0.25) is 0 Å². The average molecular weight is 418 g/mol. The summed E-state index contributed by atoms with van der Waals surface area (Å²) in [6, 6.07) is 7.57. The van der Waals surface area contributed by atoms with Crippen LogP contribution >= 0.6 is 0 Å². The van der Waals surface area contributed by atoms with Crippen molar-refractivity contribution >= 4 is 11.7 Å². The molecule has 0 aromatic heterocycles. The molecule has 0 bridgehead atoms. The van der Waals surface area contributed by atoms with Crippen LogP contribution in [-0.2, 0) is 4.74 Å². The third kappa shape index (κ3) is 14.5. The van der Waals surface area contributed by atoms with Gasteiger partial charge in [-0.25, -0.2) is 4.79 Å². The lowest BCUT2D eigenvalue weighted by atomic mass is 10.0. The van der Waals surface area contributed by atoms with E-state index in [2.05, 4.69) is 12.2 Å². The van der Waals surface area contributed by atoms with Crippen molar-refractivity contribution in [3.8, 4) is 0 Å².